The Morgan fingerprint density at radius 3 is 2.79 bits per heavy atom. The molecule has 0 aromatic heterocycles. The number of hydrogen-bond donors (Lipinski definition) is 2. The van der Waals surface area contributed by atoms with E-state index in [9.17, 15) is 19.8 Å². The first-order valence-electron chi connectivity index (χ1n) is 10.3. The average molecular weight is 393 g/mol. The van der Waals surface area contributed by atoms with Gasteiger partial charge < -0.3 is 14.9 Å². The van der Waals surface area contributed by atoms with E-state index >= 15 is 0 Å². The molecule has 0 aromatic carbocycles. The highest BCUT2D eigenvalue weighted by molar-refractivity contribution is 5.85. The van der Waals surface area contributed by atoms with E-state index in [1.54, 1.807) is 6.08 Å². The van der Waals surface area contributed by atoms with Gasteiger partial charge in [0.05, 0.1) is 18.8 Å². The number of methoxy groups -OCH3 is 1. The second-order valence-corrected chi connectivity index (χ2v) is 8.10. The highest BCUT2D eigenvalue weighted by Crippen LogP contribution is 2.35. The van der Waals surface area contributed by atoms with Crippen LogP contribution >= 0.6 is 0 Å². The highest BCUT2D eigenvalue weighted by Gasteiger charge is 2.39. The lowest BCUT2D eigenvalue weighted by molar-refractivity contribution is -0.140. The van der Waals surface area contributed by atoms with E-state index in [2.05, 4.69) is 17.4 Å². The van der Waals surface area contributed by atoms with Crippen molar-refractivity contribution in [1.82, 2.24) is 0 Å². The number of Topliss-reactive ketones (excluding diaryl/α,β-unsaturated/α-hetero) is 1. The summed E-state index contributed by atoms with van der Waals surface area (Å²) in [4.78, 5) is 23.4. The van der Waals surface area contributed by atoms with Crippen LogP contribution < -0.4 is 0 Å². The van der Waals surface area contributed by atoms with Crippen LogP contribution in [0.2, 0.25) is 0 Å². The van der Waals surface area contributed by atoms with Crippen molar-refractivity contribution in [2.45, 2.75) is 83.8 Å². The van der Waals surface area contributed by atoms with E-state index in [0.29, 0.717) is 25.7 Å². The fourth-order valence-electron chi connectivity index (χ4n) is 3.55. The number of aliphatic hydroxyl groups excluding tert-OH is 1. The Labute approximate surface area is 169 Å². The number of ketones is 1. The third-order valence-electron chi connectivity index (χ3n) is 5.31. The second-order valence-electron chi connectivity index (χ2n) is 8.10. The van der Waals surface area contributed by atoms with Crippen LogP contribution in [0.5, 0.6) is 0 Å². The summed E-state index contributed by atoms with van der Waals surface area (Å²) in [5.41, 5.74) is 3.30. The summed E-state index contributed by atoms with van der Waals surface area (Å²) in [7, 11) is 1.36. The Kier molecular flexibility index (Phi) is 10.4. The number of unbranched alkanes of at least 4 members (excludes halogenated alkanes) is 1. The molecule has 1 rings (SSSR count). The highest BCUT2D eigenvalue weighted by atomic mass is 16.5. The van der Waals surface area contributed by atoms with E-state index in [1.165, 1.54) is 7.11 Å². The van der Waals surface area contributed by atoms with Gasteiger partial charge in [-0.25, -0.2) is 0 Å². The van der Waals surface area contributed by atoms with Gasteiger partial charge in [-0.2, -0.15) is 0 Å². The second kappa shape index (κ2) is 12.0. The van der Waals surface area contributed by atoms with Gasteiger partial charge in [-0.05, 0) is 51.2 Å². The normalized spacial score (nSPS) is 24.1. The Bertz CT molecular complexity index is 610. The molecular weight excluding hydrogens is 356 g/mol. The third-order valence-corrected chi connectivity index (χ3v) is 5.31. The van der Waals surface area contributed by atoms with Crippen molar-refractivity contribution in [3.8, 4) is 0 Å². The van der Waals surface area contributed by atoms with Crippen molar-refractivity contribution in [1.29, 1.82) is 0 Å². The standard InChI is InChI=1S/C23H36O5/c1-5-6-13-23(3,27)14-9-11-18-19(21(25)16-20(18)24)15-17(2)10-7-8-12-22(26)28-4/h7,9,11,18-20,24,27H,5-6,8,12-16H2,1-4H3/b11-9+/t10?,18-,19-,20-,23?/m1/s1. The van der Waals surface area contributed by atoms with Gasteiger partial charge in [0.25, 0.3) is 0 Å². The lowest BCUT2D eigenvalue weighted by Gasteiger charge is -2.22. The van der Waals surface area contributed by atoms with Crippen molar-refractivity contribution in [3.05, 3.63) is 29.5 Å². The third kappa shape index (κ3) is 8.55. The number of allylic oxidation sites excluding steroid dienone is 1. The van der Waals surface area contributed by atoms with Gasteiger partial charge in [0.1, 0.15) is 5.78 Å². The zero-order valence-corrected chi connectivity index (χ0v) is 17.7. The molecule has 158 valence electrons. The number of ether oxygens (including phenoxy) is 1. The molecule has 1 unspecified atom stereocenters. The van der Waals surface area contributed by atoms with E-state index < -0.39 is 11.7 Å². The van der Waals surface area contributed by atoms with E-state index in [-0.39, 0.29) is 30.0 Å². The van der Waals surface area contributed by atoms with Gasteiger partial charge in [-0.3, -0.25) is 9.59 Å². The van der Waals surface area contributed by atoms with Gasteiger partial charge >= 0.3 is 5.97 Å². The van der Waals surface area contributed by atoms with Crippen molar-refractivity contribution in [2.24, 2.45) is 11.8 Å². The molecule has 0 radical (unpaired) electrons. The SMILES string of the molecule is CCCCC(C)(O)C/C=C/[C@H]1[C@H](O)CC(=O)[C@@H]1CC(C)=C=CCCC(=O)OC. The molecule has 0 amide bonds. The Balaban J connectivity index is 2.70. The van der Waals surface area contributed by atoms with Crippen LogP contribution in [0.25, 0.3) is 0 Å². The lowest BCUT2D eigenvalue weighted by atomic mass is 9.87. The molecule has 1 aliphatic rings. The quantitative estimate of drug-likeness (QED) is 0.317. The molecule has 0 heterocycles. The van der Waals surface area contributed by atoms with Gasteiger partial charge in [0.15, 0.2) is 0 Å². The van der Waals surface area contributed by atoms with Crippen LogP contribution in [0, 0.1) is 11.8 Å². The summed E-state index contributed by atoms with van der Waals surface area (Å²) in [5, 5.41) is 20.7. The van der Waals surface area contributed by atoms with Crippen LogP contribution in [-0.4, -0.2) is 40.8 Å². The first kappa shape index (κ1) is 24.4. The maximum absolute atomic E-state index is 12.3. The molecule has 0 aromatic rings. The van der Waals surface area contributed by atoms with E-state index in [0.717, 1.165) is 24.8 Å². The van der Waals surface area contributed by atoms with Gasteiger partial charge in [0, 0.05) is 24.7 Å². The van der Waals surface area contributed by atoms with Gasteiger partial charge in [-0.1, -0.05) is 31.9 Å². The van der Waals surface area contributed by atoms with Crippen molar-refractivity contribution in [3.63, 3.8) is 0 Å². The fraction of sp³-hybridized carbons (Fsp3) is 0.696. The molecule has 5 heteroatoms. The molecule has 0 spiro atoms. The topological polar surface area (TPSA) is 83.8 Å². The first-order valence-corrected chi connectivity index (χ1v) is 10.3. The molecular formula is C23H36O5. The number of esters is 1. The molecule has 28 heavy (non-hydrogen) atoms. The predicted molar refractivity (Wildman–Crippen MR) is 110 cm³/mol. The van der Waals surface area contributed by atoms with E-state index in [4.69, 9.17) is 0 Å². The number of aliphatic hydroxyl groups is 2. The molecule has 5 nitrogen and oxygen atoms in total. The van der Waals surface area contributed by atoms with Crippen LogP contribution in [-0.2, 0) is 14.3 Å². The Morgan fingerprint density at radius 2 is 2.14 bits per heavy atom. The minimum atomic E-state index is -0.756. The molecule has 1 fully saturated rings. The molecule has 0 aliphatic heterocycles. The lowest BCUT2D eigenvalue weighted by Crippen LogP contribution is -2.23. The number of hydrogen-bond acceptors (Lipinski definition) is 5. The molecule has 1 aliphatic carbocycles. The zero-order valence-electron chi connectivity index (χ0n) is 17.7. The summed E-state index contributed by atoms with van der Waals surface area (Å²) in [6, 6.07) is 0. The Morgan fingerprint density at radius 1 is 1.43 bits per heavy atom. The van der Waals surface area contributed by atoms with Crippen molar-refractivity contribution >= 4 is 11.8 Å². The zero-order chi connectivity index (χ0) is 21.2. The van der Waals surface area contributed by atoms with Gasteiger partial charge in [0.2, 0.25) is 0 Å². The summed E-state index contributed by atoms with van der Waals surface area (Å²) in [6.45, 7) is 5.83. The smallest absolute Gasteiger partial charge is 0.305 e. The maximum atomic E-state index is 12.3. The first-order chi connectivity index (χ1) is 13.2. The number of carbonyl (C=O) groups excluding carboxylic acids is 2. The summed E-state index contributed by atoms with van der Waals surface area (Å²) in [5.74, 6) is -0.699. The molecule has 2 N–H and O–H groups in total. The molecule has 4 atom stereocenters. The Hall–Kier alpha value is -1.68. The molecule has 1 saturated carbocycles. The average Bonchev–Trinajstić information content (AvgIpc) is 2.90. The summed E-state index contributed by atoms with van der Waals surface area (Å²) in [6.07, 6.45) is 9.73. The van der Waals surface area contributed by atoms with Crippen molar-refractivity contribution < 1.29 is 24.5 Å². The fourth-order valence-corrected chi connectivity index (χ4v) is 3.55. The van der Waals surface area contributed by atoms with Gasteiger partial charge in [-0.15, -0.1) is 5.73 Å². The molecule has 0 saturated heterocycles. The number of carbonyl (C=O) groups is 2. The predicted octanol–water partition coefficient (Wildman–Crippen LogP) is 3.88. The van der Waals surface area contributed by atoms with E-state index in [1.807, 2.05) is 26.0 Å². The maximum Gasteiger partial charge on any atom is 0.305 e. The number of rotatable bonds is 11. The van der Waals surface area contributed by atoms with Crippen molar-refractivity contribution in [2.75, 3.05) is 7.11 Å². The monoisotopic (exact) mass is 392 g/mol. The largest absolute Gasteiger partial charge is 0.469 e. The van der Waals surface area contributed by atoms with Crippen LogP contribution in [0.1, 0.15) is 72.1 Å². The van der Waals surface area contributed by atoms with Crippen LogP contribution in [0.4, 0.5) is 0 Å². The molecule has 0 bridgehead atoms. The van der Waals surface area contributed by atoms with Crippen LogP contribution in [0.3, 0.4) is 0 Å². The summed E-state index contributed by atoms with van der Waals surface area (Å²) < 4.78 is 4.60. The van der Waals surface area contributed by atoms with Crippen LogP contribution in [0.15, 0.2) is 29.5 Å². The summed E-state index contributed by atoms with van der Waals surface area (Å²) >= 11 is 0. The minimum absolute atomic E-state index is 0.0654. The minimum Gasteiger partial charge on any atom is -0.469 e.